The van der Waals surface area contributed by atoms with Crippen molar-refractivity contribution in [1.82, 2.24) is 0 Å². The van der Waals surface area contributed by atoms with Gasteiger partial charge in [-0.25, -0.2) is 4.79 Å². The summed E-state index contributed by atoms with van der Waals surface area (Å²) in [5.41, 5.74) is 0. The summed E-state index contributed by atoms with van der Waals surface area (Å²) in [7, 11) is 5.47. The van der Waals surface area contributed by atoms with Crippen molar-refractivity contribution < 1.29 is 38.2 Å². The minimum atomic E-state index is -0.893. The predicted octanol–water partition coefficient (Wildman–Crippen LogP) is 10.7. The number of hydrogen-bond donors (Lipinski definition) is 1. The minimum Gasteiger partial charge on any atom is -0.477 e. The zero-order chi connectivity index (χ0) is 40.0. The zero-order valence-corrected chi connectivity index (χ0v) is 34.4. The smallest absolute Gasteiger partial charge is 0.362 e. The molecule has 0 aliphatic carbocycles. The fourth-order valence-electron chi connectivity index (χ4n) is 5.15. The third-order valence-corrected chi connectivity index (χ3v) is 8.24. The van der Waals surface area contributed by atoms with Crippen LogP contribution in [-0.4, -0.2) is 80.6 Å². The molecule has 2 unspecified atom stereocenters. The lowest BCUT2D eigenvalue weighted by molar-refractivity contribution is -0.887. The lowest BCUT2D eigenvalue weighted by atomic mass is 10.1. The number of carboxylic acids is 1. The molecular weight excluding hydrogens is 679 g/mol. The Morgan fingerprint density at radius 1 is 0.556 bits per heavy atom. The van der Waals surface area contributed by atoms with Crippen LogP contribution in [0.2, 0.25) is 0 Å². The van der Waals surface area contributed by atoms with Crippen LogP contribution in [0.5, 0.6) is 0 Å². The van der Waals surface area contributed by atoms with Gasteiger partial charge in [-0.1, -0.05) is 124 Å². The second kappa shape index (κ2) is 36.2. The normalized spacial score (nSPS) is 14.0. The number of hydrogen-bond acceptors (Lipinski definition) is 6. The summed E-state index contributed by atoms with van der Waals surface area (Å²) in [5.74, 6) is -1.61. The van der Waals surface area contributed by atoms with Crippen molar-refractivity contribution in [3.8, 4) is 0 Å². The molecule has 0 aromatic heterocycles. The Labute approximate surface area is 328 Å². The topological polar surface area (TPSA) is 99.1 Å². The van der Waals surface area contributed by atoms with Crippen LogP contribution in [0.25, 0.3) is 0 Å². The number of quaternary nitrogens is 1. The van der Waals surface area contributed by atoms with Gasteiger partial charge in [0.2, 0.25) is 0 Å². The van der Waals surface area contributed by atoms with Gasteiger partial charge < -0.3 is 23.8 Å². The number of allylic oxidation sites excluding steroid dienone is 16. The van der Waals surface area contributed by atoms with E-state index < -0.39 is 18.1 Å². The predicted molar refractivity (Wildman–Crippen MR) is 224 cm³/mol. The molecule has 8 nitrogen and oxygen atoms in total. The van der Waals surface area contributed by atoms with Crippen molar-refractivity contribution in [2.75, 3.05) is 41.0 Å². The fourth-order valence-corrected chi connectivity index (χ4v) is 5.15. The lowest BCUT2D eigenvalue weighted by Gasteiger charge is -2.31. The van der Waals surface area contributed by atoms with Gasteiger partial charge in [-0.15, -0.1) is 0 Å². The molecule has 0 saturated heterocycles. The average molecular weight is 753 g/mol. The molecule has 0 spiro atoms. The van der Waals surface area contributed by atoms with E-state index in [-0.39, 0.29) is 49.1 Å². The summed E-state index contributed by atoms with van der Waals surface area (Å²) in [6.45, 7) is 4.34. The van der Waals surface area contributed by atoms with Crippen molar-refractivity contribution in [3.63, 3.8) is 0 Å². The van der Waals surface area contributed by atoms with Gasteiger partial charge in [-0.2, -0.15) is 0 Å². The Hall–Kier alpha value is -3.75. The number of aliphatic carboxylic acids is 1. The van der Waals surface area contributed by atoms with E-state index >= 15 is 0 Å². The van der Waals surface area contributed by atoms with Crippen LogP contribution >= 0.6 is 0 Å². The maximum Gasteiger partial charge on any atom is 0.362 e. The number of likely N-dealkylation sites (N-methyl/N-ethyl adjacent to an activating group) is 1. The molecule has 0 heterocycles. The lowest BCUT2D eigenvalue weighted by Crippen LogP contribution is -2.50. The standard InChI is InChI=1S/C46H73NO7/c1-6-8-10-12-14-15-16-17-18-19-20-21-22-23-24-25-26-27-28-29-31-33-35-37-45(49)54-42(40-52-39-38-43(46(50)51)47(3,4)5)41-53-44(48)36-34-32-30-13-11-9-7-2/h8-11,14-15,17-18,20-21,23-24,26-27,30,32,42-43H,6-7,12-13,16,19,22,25,28-29,31,33-41H2,1-5H3/p+1/b10-8+,11-9+,15-14+,18-17+,21-20+,24-23+,27-26+,32-30+. The summed E-state index contributed by atoms with van der Waals surface area (Å²) in [5, 5.41) is 9.58. The first kappa shape index (κ1) is 50.2. The van der Waals surface area contributed by atoms with E-state index in [0.717, 1.165) is 83.5 Å². The highest BCUT2D eigenvalue weighted by Gasteiger charge is 2.31. The SMILES string of the molecule is CC/C=C/C/C=C/C/C=C/C/C=C/C/C=C/C/C=C/CCCCCCC(=O)OC(COCCC(C(=O)O)[N+](C)(C)C)COC(=O)CC/C=C/C/C=C/CC. The van der Waals surface area contributed by atoms with Gasteiger partial charge in [-0.3, -0.25) is 9.59 Å². The van der Waals surface area contributed by atoms with Gasteiger partial charge in [0.15, 0.2) is 12.1 Å². The Bertz CT molecular complexity index is 1200. The van der Waals surface area contributed by atoms with Crippen LogP contribution < -0.4 is 0 Å². The Morgan fingerprint density at radius 3 is 1.50 bits per heavy atom. The zero-order valence-electron chi connectivity index (χ0n) is 34.4. The number of ether oxygens (including phenoxy) is 3. The third-order valence-electron chi connectivity index (χ3n) is 8.24. The average Bonchev–Trinajstić information content (AvgIpc) is 3.12. The second-order valence-electron chi connectivity index (χ2n) is 14.1. The van der Waals surface area contributed by atoms with Gasteiger partial charge in [0.25, 0.3) is 0 Å². The summed E-state index contributed by atoms with van der Waals surface area (Å²) < 4.78 is 17.0. The number of carboxylic acid groups (broad SMARTS) is 1. The molecule has 0 aromatic rings. The molecule has 2 atom stereocenters. The molecule has 304 valence electrons. The largest absolute Gasteiger partial charge is 0.477 e. The van der Waals surface area contributed by atoms with E-state index in [1.54, 1.807) is 0 Å². The summed E-state index contributed by atoms with van der Waals surface area (Å²) in [6, 6.07) is -0.631. The molecule has 0 aromatic carbocycles. The molecule has 8 heteroatoms. The molecule has 54 heavy (non-hydrogen) atoms. The number of carbonyl (C=O) groups is 3. The first-order valence-electron chi connectivity index (χ1n) is 20.3. The van der Waals surface area contributed by atoms with Crippen LogP contribution in [-0.2, 0) is 28.6 Å². The number of unbranched alkanes of at least 4 members (excludes halogenated alkanes) is 4. The maximum atomic E-state index is 12.7. The monoisotopic (exact) mass is 753 g/mol. The van der Waals surface area contributed by atoms with Crippen molar-refractivity contribution in [2.45, 2.75) is 135 Å². The van der Waals surface area contributed by atoms with E-state index in [1.165, 1.54) is 0 Å². The highest BCUT2D eigenvalue weighted by Crippen LogP contribution is 2.11. The molecular formula is C46H74NO7+. The van der Waals surface area contributed by atoms with Crippen LogP contribution in [0, 0.1) is 0 Å². The minimum absolute atomic E-state index is 0.0259. The maximum absolute atomic E-state index is 12.7. The van der Waals surface area contributed by atoms with E-state index in [1.807, 2.05) is 33.3 Å². The van der Waals surface area contributed by atoms with E-state index in [0.29, 0.717) is 12.8 Å². The van der Waals surface area contributed by atoms with Gasteiger partial charge in [-0.05, 0) is 77.0 Å². The molecule has 0 aliphatic rings. The van der Waals surface area contributed by atoms with Crippen molar-refractivity contribution >= 4 is 17.9 Å². The molecule has 0 radical (unpaired) electrons. The van der Waals surface area contributed by atoms with Gasteiger partial charge in [0.1, 0.15) is 6.61 Å². The van der Waals surface area contributed by atoms with Crippen molar-refractivity contribution in [1.29, 1.82) is 0 Å². The first-order valence-corrected chi connectivity index (χ1v) is 20.3. The van der Waals surface area contributed by atoms with Crippen molar-refractivity contribution in [3.05, 3.63) is 97.2 Å². The molecule has 0 bridgehead atoms. The van der Waals surface area contributed by atoms with Gasteiger partial charge in [0.05, 0.1) is 34.4 Å². The number of rotatable bonds is 34. The first-order chi connectivity index (χ1) is 26.1. The van der Waals surface area contributed by atoms with Crippen LogP contribution in [0.3, 0.4) is 0 Å². The van der Waals surface area contributed by atoms with Crippen LogP contribution in [0.4, 0.5) is 0 Å². The van der Waals surface area contributed by atoms with Crippen molar-refractivity contribution in [2.24, 2.45) is 0 Å². The second-order valence-corrected chi connectivity index (χ2v) is 14.1. The summed E-state index contributed by atoms with van der Waals surface area (Å²) >= 11 is 0. The van der Waals surface area contributed by atoms with Gasteiger partial charge >= 0.3 is 17.9 Å². The summed E-state index contributed by atoms with van der Waals surface area (Å²) in [4.78, 5) is 36.7. The Morgan fingerprint density at radius 2 is 1.02 bits per heavy atom. The van der Waals surface area contributed by atoms with E-state index in [2.05, 4.69) is 98.9 Å². The number of nitrogens with zero attached hydrogens (tertiary/aromatic N) is 1. The number of carbonyl (C=O) groups excluding carboxylic acids is 2. The summed E-state index contributed by atoms with van der Waals surface area (Å²) in [6.07, 6.45) is 47.8. The fraction of sp³-hybridized carbons (Fsp3) is 0.587. The van der Waals surface area contributed by atoms with Crippen LogP contribution in [0.15, 0.2) is 97.2 Å². The Balaban J connectivity index is 4.37. The quantitative estimate of drug-likeness (QED) is 0.0302. The van der Waals surface area contributed by atoms with Crippen LogP contribution in [0.1, 0.15) is 123 Å². The highest BCUT2D eigenvalue weighted by molar-refractivity contribution is 5.72. The van der Waals surface area contributed by atoms with Gasteiger partial charge in [0, 0.05) is 19.3 Å². The van der Waals surface area contributed by atoms with E-state index in [9.17, 15) is 19.5 Å². The molecule has 0 saturated carbocycles. The molecule has 0 aliphatic heterocycles. The Kier molecular flexibility index (Phi) is 33.7. The molecule has 0 fully saturated rings. The van der Waals surface area contributed by atoms with E-state index in [4.69, 9.17) is 14.2 Å². The molecule has 0 rings (SSSR count). The molecule has 1 N–H and O–H groups in total. The third kappa shape index (κ3) is 34.0. The number of esters is 2. The molecule has 0 amide bonds. The highest BCUT2D eigenvalue weighted by atomic mass is 16.6.